The number of nitrogens with zero attached hydrogens (tertiary/aromatic N) is 1. The Morgan fingerprint density at radius 1 is 1.05 bits per heavy atom. The fourth-order valence-corrected chi connectivity index (χ4v) is 4.22. The van der Waals surface area contributed by atoms with Crippen LogP contribution in [-0.2, 0) is 10.0 Å². The van der Waals surface area contributed by atoms with Crippen molar-refractivity contribution in [3.05, 3.63) is 53.6 Å². The van der Waals surface area contributed by atoms with E-state index in [-0.39, 0.29) is 4.90 Å². The molecule has 3 rings (SSSR count). The van der Waals surface area contributed by atoms with Gasteiger partial charge in [0.25, 0.3) is 10.0 Å². The largest absolute Gasteiger partial charge is 0.263 e. The zero-order valence-corrected chi connectivity index (χ0v) is 13.3. The molecule has 0 aliphatic rings. The number of aromatic nitrogens is 1. The Morgan fingerprint density at radius 2 is 1.76 bits per heavy atom. The highest BCUT2D eigenvalue weighted by Crippen LogP contribution is 2.30. The van der Waals surface area contributed by atoms with E-state index in [1.165, 1.54) is 11.3 Å². The number of fused-ring (bicyclic) bond motifs is 1. The van der Waals surface area contributed by atoms with Crippen LogP contribution >= 0.6 is 11.3 Å². The predicted octanol–water partition coefficient (Wildman–Crippen LogP) is 3.71. The van der Waals surface area contributed by atoms with Crippen LogP contribution in [0.4, 0.5) is 5.13 Å². The summed E-state index contributed by atoms with van der Waals surface area (Å²) in [5.41, 5.74) is 3.07. The fourth-order valence-electron chi connectivity index (χ4n) is 2.04. The molecule has 1 aromatic heterocycles. The molecule has 0 aliphatic heterocycles. The summed E-state index contributed by atoms with van der Waals surface area (Å²) in [7, 11) is -3.59. The number of nitrogens with one attached hydrogen (secondary N) is 1. The van der Waals surface area contributed by atoms with Crippen LogP contribution in [0.1, 0.15) is 11.1 Å². The van der Waals surface area contributed by atoms with Crippen LogP contribution in [0.3, 0.4) is 0 Å². The molecule has 0 aliphatic carbocycles. The second-order valence-corrected chi connectivity index (χ2v) is 7.50. The van der Waals surface area contributed by atoms with E-state index in [0.29, 0.717) is 5.13 Å². The van der Waals surface area contributed by atoms with Crippen molar-refractivity contribution in [1.82, 2.24) is 4.98 Å². The van der Waals surface area contributed by atoms with Crippen LogP contribution in [0.5, 0.6) is 0 Å². The highest BCUT2D eigenvalue weighted by atomic mass is 32.2. The van der Waals surface area contributed by atoms with Gasteiger partial charge in [-0.25, -0.2) is 13.4 Å². The minimum atomic E-state index is -3.59. The minimum absolute atomic E-state index is 0.233. The molecule has 0 atom stereocenters. The number of hydrogen-bond donors (Lipinski definition) is 1. The van der Waals surface area contributed by atoms with Crippen molar-refractivity contribution in [2.24, 2.45) is 0 Å². The van der Waals surface area contributed by atoms with Crippen LogP contribution in [-0.4, -0.2) is 13.4 Å². The Morgan fingerprint density at radius 3 is 2.48 bits per heavy atom. The summed E-state index contributed by atoms with van der Waals surface area (Å²) >= 11 is 1.34. The number of rotatable bonds is 3. The van der Waals surface area contributed by atoms with Gasteiger partial charge in [0.15, 0.2) is 5.13 Å². The van der Waals surface area contributed by atoms with Gasteiger partial charge in [-0.05, 0) is 43.2 Å². The zero-order valence-electron chi connectivity index (χ0n) is 11.6. The van der Waals surface area contributed by atoms with Gasteiger partial charge in [-0.2, -0.15) is 0 Å². The molecular weight excluding hydrogens is 304 g/mol. The first kappa shape index (κ1) is 14.0. The molecule has 0 spiro atoms. The zero-order chi connectivity index (χ0) is 15.0. The monoisotopic (exact) mass is 318 g/mol. The van der Waals surface area contributed by atoms with E-state index in [4.69, 9.17) is 0 Å². The molecule has 1 heterocycles. The number of aryl methyl sites for hydroxylation is 2. The van der Waals surface area contributed by atoms with Crippen LogP contribution in [0.25, 0.3) is 10.2 Å². The first-order chi connectivity index (χ1) is 9.97. The Hall–Kier alpha value is -1.92. The Kier molecular flexibility index (Phi) is 3.43. The topological polar surface area (TPSA) is 59.1 Å². The number of benzene rings is 2. The summed E-state index contributed by atoms with van der Waals surface area (Å²) in [6.45, 7) is 4.01. The molecule has 1 N–H and O–H groups in total. The molecule has 4 nitrogen and oxygen atoms in total. The van der Waals surface area contributed by atoms with Crippen LogP contribution in [0.15, 0.2) is 47.4 Å². The average Bonchev–Trinajstić information content (AvgIpc) is 2.87. The minimum Gasteiger partial charge on any atom is -0.255 e. The molecule has 0 saturated heterocycles. The normalized spacial score (nSPS) is 11.7. The molecule has 0 unspecified atom stereocenters. The van der Waals surface area contributed by atoms with Crippen LogP contribution in [0.2, 0.25) is 0 Å². The van der Waals surface area contributed by atoms with E-state index in [9.17, 15) is 8.42 Å². The van der Waals surface area contributed by atoms with E-state index < -0.39 is 10.0 Å². The standard InChI is InChI=1S/C15H14N2O2S2/c1-10-8-9-13-14(11(10)2)16-15(20-13)17-21(18,19)12-6-4-3-5-7-12/h3-9H,1-2H3,(H,16,17). The second-order valence-electron chi connectivity index (χ2n) is 4.79. The first-order valence-corrected chi connectivity index (χ1v) is 8.72. The summed E-state index contributed by atoms with van der Waals surface area (Å²) < 4.78 is 28.1. The lowest BCUT2D eigenvalue weighted by Crippen LogP contribution is -2.12. The molecule has 108 valence electrons. The van der Waals surface area contributed by atoms with E-state index in [0.717, 1.165) is 21.3 Å². The van der Waals surface area contributed by atoms with Gasteiger partial charge in [0.05, 0.1) is 15.1 Å². The van der Waals surface area contributed by atoms with E-state index in [2.05, 4.69) is 9.71 Å². The van der Waals surface area contributed by atoms with Crippen molar-refractivity contribution in [3.8, 4) is 0 Å². The molecule has 0 radical (unpaired) electrons. The summed E-state index contributed by atoms with van der Waals surface area (Å²) in [5, 5.41) is 0.391. The number of thiazole rings is 1. The van der Waals surface area contributed by atoms with Gasteiger partial charge in [-0.3, -0.25) is 4.72 Å². The molecule has 0 saturated carbocycles. The SMILES string of the molecule is Cc1ccc2sc(NS(=O)(=O)c3ccccc3)nc2c1C. The maximum atomic E-state index is 12.3. The summed E-state index contributed by atoms with van der Waals surface area (Å²) in [5.74, 6) is 0. The van der Waals surface area contributed by atoms with Crippen molar-refractivity contribution in [3.63, 3.8) is 0 Å². The molecule has 0 fully saturated rings. The third-order valence-corrected chi connectivity index (χ3v) is 5.78. The lowest BCUT2D eigenvalue weighted by Gasteiger charge is -2.04. The van der Waals surface area contributed by atoms with Gasteiger partial charge in [-0.15, -0.1) is 0 Å². The quantitative estimate of drug-likeness (QED) is 0.801. The summed E-state index contributed by atoms with van der Waals surface area (Å²) in [4.78, 5) is 4.65. The average molecular weight is 318 g/mol. The molecule has 2 aromatic carbocycles. The van der Waals surface area contributed by atoms with E-state index >= 15 is 0 Å². The smallest absolute Gasteiger partial charge is 0.255 e. The van der Waals surface area contributed by atoms with Gasteiger partial charge in [0, 0.05) is 0 Å². The van der Waals surface area contributed by atoms with Crippen LogP contribution in [0, 0.1) is 13.8 Å². The number of anilines is 1. The summed E-state index contributed by atoms with van der Waals surface area (Å²) in [6, 6.07) is 12.3. The summed E-state index contributed by atoms with van der Waals surface area (Å²) in [6.07, 6.45) is 0. The Labute approximate surface area is 127 Å². The molecule has 0 amide bonds. The van der Waals surface area contributed by atoms with Crippen molar-refractivity contribution in [2.75, 3.05) is 4.72 Å². The Bertz CT molecular complexity index is 900. The van der Waals surface area contributed by atoms with Gasteiger partial charge >= 0.3 is 0 Å². The van der Waals surface area contributed by atoms with Gasteiger partial charge < -0.3 is 0 Å². The Balaban J connectivity index is 2.01. The maximum absolute atomic E-state index is 12.3. The number of hydrogen-bond acceptors (Lipinski definition) is 4. The number of sulfonamides is 1. The fraction of sp³-hybridized carbons (Fsp3) is 0.133. The van der Waals surface area contributed by atoms with Crippen molar-refractivity contribution in [1.29, 1.82) is 0 Å². The molecule has 6 heteroatoms. The molecule has 0 bridgehead atoms. The van der Waals surface area contributed by atoms with Crippen LogP contribution < -0.4 is 4.72 Å². The molecule has 3 aromatic rings. The lowest BCUT2D eigenvalue weighted by atomic mass is 10.1. The lowest BCUT2D eigenvalue weighted by molar-refractivity contribution is 0.601. The first-order valence-electron chi connectivity index (χ1n) is 6.42. The van der Waals surface area contributed by atoms with Crippen molar-refractivity contribution >= 4 is 36.7 Å². The maximum Gasteiger partial charge on any atom is 0.263 e. The second kappa shape index (κ2) is 5.13. The van der Waals surface area contributed by atoms with Gasteiger partial charge in [0.2, 0.25) is 0 Å². The van der Waals surface area contributed by atoms with E-state index in [1.54, 1.807) is 30.3 Å². The van der Waals surface area contributed by atoms with Gasteiger partial charge in [-0.1, -0.05) is 35.6 Å². The predicted molar refractivity (Wildman–Crippen MR) is 86.3 cm³/mol. The van der Waals surface area contributed by atoms with E-state index in [1.807, 2.05) is 26.0 Å². The third-order valence-electron chi connectivity index (χ3n) is 3.36. The van der Waals surface area contributed by atoms with Crippen molar-refractivity contribution < 1.29 is 8.42 Å². The highest BCUT2D eigenvalue weighted by molar-refractivity contribution is 7.93. The van der Waals surface area contributed by atoms with Crippen molar-refractivity contribution in [2.45, 2.75) is 18.7 Å². The molecule has 21 heavy (non-hydrogen) atoms. The van der Waals surface area contributed by atoms with Gasteiger partial charge in [0.1, 0.15) is 0 Å². The molecular formula is C15H14N2O2S2. The third kappa shape index (κ3) is 2.64. The highest BCUT2D eigenvalue weighted by Gasteiger charge is 2.16.